The van der Waals surface area contributed by atoms with Gasteiger partial charge >= 0.3 is 11.9 Å². The summed E-state index contributed by atoms with van der Waals surface area (Å²) in [5.74, 6) is -6.89. The third kappa shape index (κ3) is 3.40. The molecule has 4 aromatic rings. The summed E-state index contributed by atoms with van der Waals surface area (Å²) in [6, 6.07) is 7.73. The minimum Gasteiger partial charge on any atom is -0.507 e. The van der Waals surface area contributed by atoms with E-state index in [2.05, 4.69) is 0 Å². The zero-order valence-electron chi connectivity index (χ0n) is 26.4. The van der Waals surface area contributed by atoms with Crippen molar-refractivity contribution in [3.8, 4) is 17.2 Å². The molecular weight excluding hydrogens is 640 g/mol. The van der Waals surface area contributed by atoms with Crippen LogP contribution < -0.4 is 5.56 Å². The van der Waals surface area contributed by atoms with Crippen molar-refractivity contribution < 1.29 is 48.5 Å². The predicted octanol–water partition coefficient (Wildman–Crippen LogP) is 3.45. The van der Waals surface area contributed by atoms with Gasteiger partial charge in [-0.2, -0.15) is 0 Å². The Kier molecular flexibility index (Phi) is 5.96. The number of Topliss-reactive ketones (excluding diaryl/α,β-unsaturated/α-hetero) is 2. The van der Waals surface area contributed by atoms with Crippen molar-refractivity contribution in [2.75, 3.05) is 13.7 Å². The average Bonchev–Trinajstić information content (AvgIpc) is 3.22. The molecule has 2 bridgehead atoms. The molecule has 5 atom stereocenters. The molecule has 1 saturated carbocycles. The summed E-state index contributed by atoms with van der Waals surface area (Å²) in [7, 11) is 1.29. The van der Waals surface area contributed by atoms with Crippen LogP contribution in [0.2, 0.25) is 0 Å². The number of phenols is 2. The van der Waals surface area contributed by atoms with Gasteiger partial charge in [0.2, 0.25) is 0 Å². The summed E-state index contributed by atoms with van der Waals surface area (Å²) >= 11 is 0. The number of nitro groups is 1. The molecule has 14 nitrogen and oxygen atoms in total. The number of hydrogen-bond acceptors (Lipinski definition) is 12. The Morgan fingerprint density at radius 2 is 1.71 bits per heavy atom. The zero-order valence-corrected chi connectivity index (χ0v) is 26.4. The number of fused-ring (bicyclic) bond motifs is 4. The second kappa shape index (κ2) is 9.60. The molecule has 1 fully saturated rings. The molecule has 49 heavy (non-hydrogen) atoms. The van der Waals surface area contributed by atoms with Crippen molar-refractivity contribution in [2.45, 2.75) is 37.9 Å². The Morgan fingerprint density at radius 3 is 2.39 bits per heavy atom. The van der Waals surface area contributed by atoms with E-state index in [0.717, 1.165) is 17.6 Å². The van der Waals surface area contributed by atoms with E-state index in [9.17, 15) is 39.5 Å². The normalized spacial score (nSPS) is 25.9. The van der Waals surface area contributed by atoms with Crippen LogP contribution in [-0.4, -0.2) is 63.0 Å². The van der Waals surface area contributed by atoms with Crippen LogP contribution in [0.25, 0.3) is 16.5 Å². The van der Waals surface area contributed by atoms with Gasteiger partial charge < -0.3 is 24.4 Å². The Morgan fingerprint density at radius 1 is 1.00 bits per heavy atom. The number of ketones is 2. The number of aromatic nitrogens is 1. The molecule has 2 N–H and O–H groups in total. The molecule has 248 valence electrons. The van der Waals surface area contributed by atoms with Gasteiger partial charge in [0.05, 0.1) is 33.2 Å². The summed E-state index contributed by atoms with van der Waals surface area (Å²) < 4.78 is 19.0. The van der Waals surface area contributed by atoms with Crippen LogP contribution in [0.1, 0.15) is 60.3 Å². The number of hydrogen-bond donors (Lipinski definition) is 2. The molecule has 0 saturated heterocycles. The highest BCUT2D eigenvalue weighted by Gasteiger charge is 2.80. The topological polar surface area (TPSA) is 202 Å². The number of aryl methyl sites for hydroxylation is 2. The Bertz CT molecular complexity index is 2380. The van der Waals surface area contributed by atoms with Gasteiger partial charge in [-0.15, -0.1) is 0 Å². The number of nitrogens with zero attached hydrogens (tertiary/aromatic N) is 2. The van der Waals surface area contributed by atoms with Crippen LogP contribution in [0, 0.1) is 35.8 Å². The van der Waals surface area contributed by atoms with Gasteiger partial charge in [-0.25, -0.2) is 4.79 Å². The van der Waals surface area contributed by atoms with Crippen LogP contribution >= 0.6 is 0 Å². The predicted molar refractivity (Wildman–Crippen MR) is 167 cm³/mol. The molecule has 1 aliphatic heterocycles. The fourth-order valence-electron chi connectivity index (χ4n) is 9.19. The van der Waals surface area contributed by atoms with E-state index in [0.29, 0.717) is 11.1 Å². The quantitative estimate of drug-likeness (QED) is 0.183. The van der Waals surface area contributed by atoms with E-state index >= 15 is 4.79 Å². The number of rotatable bonds is 4. The SMILES string of the molecule is CO[C@@]12c3c(C)cc(O)c4c(=O)n(-c5cccc([N+](=O)[O-])c5)cc(c34)C(=O)[C@@H]1[C@]13COC(=O)c4c(O)cc(C)c(c41)C(=O)[C@H]2[C@@H]3OC(C)=O. The van der Waals surface area contributed by atoms with E-state index < -0.39 is 81.0 Å². The van der Waals surface area contributed by atoms with Gasteiger partial charge in [-0.05, 0) is 54.3 Å². The van der Waals surface area contributed by atoms with Crippen molar-refractivity contribution >= 4 is 40.0 Å². The van der Waals surface area contributed by atoms with E-state index in [4.69, 9.17) is 14.2 Å². The molecular formula is C35H26N2O12. The zero-order chi connectivity index (χ0) is 35.1. The van der Waals surface area contributed by atoms with Crippen molar-refractivity contribution in [3.05, 3.63) is 102 Å². The number of phenolic OH excluding ortho intramolecular Hbond substituents is 2. The first-order valence-corrected chi connectivity index (χ1v) is 15.2. The molecule has 1 aromatic heterocycles. The van der Waals surface area contributed by atoms with Crippen LogP contribution in [-0.2, 0) is 30.0 Å². The lowest BCUT2D eigenvalue weighted by molar-refractivity contribution is -0.384. The number of cyclic esters (lactones) is 1. The number of esters is 2. The molecule has 14 heteroatoms. The number of methoxy groups -OCH3 is 1. The van der Waals surface area contributed by atoms with Crippen LogP contribution in [0.15, 0.2) is 47.4 Å². The number of non-ortho nitro benzene ring substituents is 1. The molecule has 0 radical (unpaired) electrons. The third-order valence-corrected chi connectivity index (χ3v) is 10.7. The lowest BCUT2D eigenvalue weighted by Gasteiger charge is -2.47. The maximum atomic E-state index is 15.3. The molecule has 4 aliphatic rings. The van der Waals surface area contributed by atoms with Crippen LogP contribution in [0.5, 0.6) is 11.5 Å². The van der Waals surface area contributed by atoms with Gasteiger partial charge in [-0.3, -0.25) is 33.9 Å². The standard InChI is InChI=1S/C35H26N2O12/c1-13-8-20(40)24-26-21(13)29(42)27-31(49-15(3)38)34(26,12-48-33(24)44)30-28(41)18-11-36(16-6-5-7-17(10-16)37(45)46)32(43)23-19(39)9-14(2)25(22(18)23)35(27,30)47-4/h5-11,27,30-31,39-40H,12H2,1-4H3/t27-,30+,31-,34-,35+/m0/s1. The molecule has 1 spiro atoms. The first kappa shape index (κ1) is 30.4. The number of ether oxygens (including phenoxy) is 3. The van der Waals surface area contributed by atoms with Crippen molar-refractivity contribution in [2.24, 2.45) is 11.8 Å². The summed E-state index contributed by atoms with van der Waals surface area (Å²) in [6.45, 7) is 3.79. The molecule has 2 heterocycles. The Labute approximate surface area is 275 Å². The second-order valence-corrected chi connectivity index (χ2v) is 13.0. The molecule has 3 aromatic carbocycles. The van der Waals surface area contributed by atoms with E-state index in [-0.39, 0.29) is 50.0 Å². The van der Waals surface area contributed by atoms with Gasteiger partial charge in [0, 0.05) is 48.9 Å². The Hall–Kier alpha value is -5.89. The summed E-state index contributed by atoms with van der Waals surface area (Å²) in [4.78, 5) is 81.5. The molecule has 8 rings (SSSR count). The van der Waals surface area contributed by atoms with Crippen molar-refractivity contribution in [1.82, 2.24) is 4.57 Å². The minimum absolute atomic E-state index is 0.00209. The maximum Gasteiger partial charge on any atom is 0.342 e. The molecule has 0 unspecified atom stereocenters. The number of aromatic hydroxyl groups is 2. The first-order chi connectivity index (χ1) is 23.2. The maximum absolute atomic E-state index is 15.3. The summed E-state index contributed by atoms with van der Waals surface area (Å²) in [6.07, 6.45) is -0.222. The van der Waals surface area contributed by atoms with E-state index in [1.807, 2.05) is 0 Å². The highest BCUT2D eigenvalue weighted by molar-refractivity contribution is 6.19. The van der Waals surface area contributed by atoms with Crippen molar-refractivity contribution in [1.29, 1.82) is 0 Å². The fourth-order valence-corrected chi connectivity index (χ4v) is 9.19. The van der Waals surface area contributed by atoms with Gasteiger partial charge in [-0.1, -0.05) is 6.07 Å². The van der Waals surface area contributed by atoms with Gasteiger partial charge in [0.1, 0.15) is 35.4 Å². The van der Waals surface area contributed by atoms with Gasteiger partial charge in [0.25, 0.3) is 11.2 Å². The Balaban J connectivity index is 1.56. The largest absolute Gasteiger partial charge is 0.507 e. The van der Waals surface area contributed by atoms with Crippen LogP contribution in [0.3, 0.4) is 0 Å². The molecule has 3 aliphatic carbocycles. The highest BCUT2D eigenvalue weighted by atomic mass is 16.6. The van der Waals surface area contributed by atoms with Crippen LogP contribution in [0.4, 0.5) is 5.69 Å². The minimum atomic E-state index is -1.94. The fraction of sp³-hybridized carbons (Fsp3) is 0.286. The number of pyridine rings is 1. The summed E-state index contributed by atoms with van der Waals surface area (Å²) in [5.41, 5.74) is -4.31. The van der Waals surface area contributed by atoms with Gasteiger partial charge in [0.15, 0.2) is 11.6 Å². The van der Waals surface area contributed by atoms with E-state index in [1.165, 1.54) is 43.6 Å². The highest BCUT2D eigenvalue weighted by Crippen LogP contribution is 2.70. The average molecular weight is 667 g/mol. The lowest BCUT2D eigenvalue weighted by atomic mass is 9.59. The monoisotopic (exact) mass is 666 g/mol. The first-order valence-electron chi connectivity index (χ1n) is 15.2. The lowest BCUT2D eigenvalue weighted by Crippen LogP contribution is -2.57. The number of nitro benzene ring substituents is 1. The van der Waals surface area contributed by atoms with Crippen molar-refractivity contribution in [3.63, 3.8) is 0 Å². The van der Waals surface area contributed by atoms with E-state index in [1.54, 1.807) is 13.8 Å². The smallest absolute Gasteiger partial charge is 0.342 e. The number of carbonyl (C=O) groups is 4. The number of benzene rings is 3. The molecule has 0 amide bonds. The summed E-state index contributed by atoms with van der Waals surface area (Å²) in [5, 5.41) is 33.7. The number of carbonyl (C=O) groups excluding carboxylic acids is 4. The second-order valence-electron chi connectivity index (χ2n) is 13.0. The third-order valence-electron chi connectivity index (χ3n) is 10.7.